The van der Waals surface area contributed by atoms with E-state index in [1.165, 1.54) is 0 Å². The highest BCUT2D eigenvalue weighted by Crippen LogP contribution is 2.20. The van der Waals surface area contributed by atoms with Gasteiger partial charge in [0.15, 0.2) is 0 Å². The highest BCUT2D eigenvalue weighted by molar-refractivity contribution is 7.79. The van der Waals surface area contributed by atoms with E-state index in [-0.39, 0.29) is 0 Å². The van der Waals surface area contributed by atoms with Crippen molar-refractivity contribution in [2.75, 3.05) is 0 Å². The third-order valence-electron chi connectivity index (χ3n) is 2.23. The molecular weight excluding hydrogens is 268 g/mol. The van der Waals surface area contributed by atoms with E-state index in [9.17, 15) is 5.11 Å². The van der Waals surface area contributed by atoms with Gasteiger partial charge in [-0.2, -0.15) is 8.42 Å². The van der Waals surface area contributed by atoms with E-state index in [0.29, 0.717) is 0 Å². The number of rotatable bonds is 2. The van der Waals surface area contributed by atoms with Gasteiger partial charge >= 0.3 is 10.4 Å². The fourth-order valence-electron chi connectivity index (χ4n) is 1.46. The molecule has 19 heavy (non-hydrogen) atoms. The van der Waals surface area contributed by atoms with E-state index in [1.807, 2.05) is 60.7 Å². The summed E-state index contributed by atoms with van der Waals surface area (Å²) in [5.74, 6) is 0. The van der Waals surface area contributed by atoms with E-state index in [1.54, 1.807) is 0 Å². The van der Waals surface area contributed by atoms with Crippen LogP contribution in [0.3, 0.4) is 0 Å². The number of aliphatic hydroxyl groups excluding tert-OH is 1. The Morgan fingerprint density at radius 1 is 0.737 bits per heavy atom. The van der Waals surface area contributed by atoms with Crippen molar-refractivity contribution in [1.82, 2.24) is 0 Å². The minimum Gasteiger partial charge on any atom is -0.384 e. The van der Waals surface area contributed by atoms with Crippen LogP contribution in [0.4, 0.5) is 0 Å². The van der Waals surface area contributed by atoms with Crippen LogP contribution in [0.25, 0.3) is 0 Å². The van der Waals surface area contributed by atoms with Gasteiger partial charge in [-0.1, -0.05) is 60.7 Å². The van der Waals surface area contributed by atoms with E-state index in [2.05, 4.69) is 0 Å². The normalized spacial score (nSPS) is 10.7. The molecule has 0 unspecified atom stereocenters. The molecule has 3 N–H and O–H groups in total. The molecule has 6 heteroatoms. The quantitative estimate of drug-likeness (QED) is 0.733. The molecule has 0 radical (unpaired) electrons. The lowest BCUT2D eigenvalue weighted by Gasteiger charge is -2.10. The van der Waals surface area contributed by atoms with Gasteiger partial charge in [0.2, 0.25) is 0 Å². The fourth-order valence-corrected chi connectivity index (χ4v) is 1.46. The summed E-state index contributed by atoms with van der Waals surface area (Å²) in [6, 6.07) is 19.3. The Morgan fingerprint density at radius 3 is 1.26 bits per heavy atom. The zero-order valence-corrected chi connectivity index (χ0v) is 10.7. The number of benzene rings is 2. The molecule has 0 atom stereocenters. The molecule has 0 aliphatic heterocycles. The van der Waals surface area contributed by atoms with Gasteiger partial charge in [-0.05, 0) is 11.1 Å². The first-order valence-corrected chi connectivity index (χ1v) is 6.75. The first-order chi connectivity index (χ1) is 8.88. The van der Waals surface area contributed by atoms with Crippen LogP contribution in [-0.2, 0) is 10.4 Å². The van der Waals surface area contributed by atoms with Crippen molar-refractivity contribution in [3.8, 4) is 0 Å². The molecule has 0 spiro atoms. The van der Waals surface area contributed by atoms with Crippen LogP contribution < -0.4 is 0 Å². The van der Waals surface area contributed by atoms with Crippen molar-refractivity contribution in [3.63, 3.8) is 0 Å². The van der Waals surface area contributed by atoms with Crippen molar-refractivity contribution in [1.29, 1.82) is 0 Å². The molecule has 0 aromatic heterocycles. The molecule has 2 rings (SSSR count). The van der Waals surface area contributed by atoms with E-state index < -0.39 is 16.5 Å². The molecule has 2 aromatic carbocycles. The maximum Gasteiger partial charge on any atom is 0.394 e. The second-order valence-electron chi connectivity index (χ2n) is 3.67. The first-order valence-electron chi connectivity index (χ1n) is 5.36. The summed E-state index contributed by atoms with van der Waals surface area (Å²) in [6.07, 6.45) is -0.516. The monoisotopic (exact) mass is 282 g/mol. The summed E-state index contributed by atoms with van der Waals surface area (Å²) >= 11 is 0. The van der Waals surface area contributed by atoms with Crippen molar-refractivity contribution >= 4 is 10.4 Å². The van der Waals surface area contributed by atoms with Gasteiger partial charge in [-0.3, -0.25) is 9.11 Å². The van der Waals surface area contributed by atoms with Crippen LogP contribution in [0.15, 0.2) is 60.7 Å². The minimum absolute atomic E-state index is 0.516. The zero-order chi connectivity index (χ0) is 14.3. The van der Waals surface area contributed by atoms with Gasteiger partial charge in [-0.15, -0.1) is 0 Å². The Hall–Kier alpha value is -1.73. The van der Waals surface area contributed by atoms with Crippen molar-refractivity contribution in [2.45, 2.75) is 6.10 Å². The van der Waals surface area contributed by atoms with Gasteiger partial charge in [0.1, 0.15) is 6.10 Å². The third-order valence-corrected chi connectivity index (χ3v) is 2.23. The van der Waals surface area contributed by atoms with Gasteiger partial charge in [0.25, 0.3) is 0 Å². The summed E-state index contributed by atoms with van der Waals surface area (Å²) < 4.78 is 31.6. The van der Waals surface area contributed by atoms with Crippen LogP contribution in [0.2, 0.25) is 0 Å². The predicted molar refractivity (Wildman–Crippen MR) is 71.1 cm³/mol. The molecule has 0 heterocycles. The van der Waals surface area contributed by atoms with Crippen LogP contribution in [0, 0.1) is 0 Å². The number of hydrogen-bond donors (Lipinski definition) is 3. The average Bonchev–Trinajstić information content (AvgIpc) is 2.38. The predicted octanol–water partition coefficient (Wildman–Crippen LogP) is 2.12. The number of hydrogen-bond acceptors (Lipinski definition) is 3. The summed E-state index contributed by atoms with van der Waals surface area (Å²) in [5, 5.41) is 9.99. The molecular formula is C13H14O5S. The van der Waals surface area contributed by atoms with E-state index in [4.69, 9.17) is 17.5 Å². The molecule has 0 fully saturated rings. The minimum atomic E-state index is -4.67. The van der Waals surface area contributed by atoms with Crippen molar-refractivity contribution in [2.24, 2.45) is 0 Å². The average molecular weight is 282 g/mol. The lowest BCUT2D eigenvalue weighted by Crippen LogP contribution is -1.98. The summed E-state index contributed by atoms with van der Waals surface area (Å²) in [5.41, 5.74) is 1.86. The van der Waals surface area contributed by atoms with Crippen LogP contribution in [0.5, 0.6) is 0 Å². The summed E-state index contributed by atoms with van der Waals surface area (Å²) in [6.45, 7) is 0. The van der Waals surface area contributed by atoms with Crippen molar-refractivity contribution < 1.29 is 22.6 Å². The largest absolute Gasteiger partial charge is 0.394 e. The summed E-state index contributed by atoms with van der Waals surface area (Å²) in [4.78, 5) is 0. The van der Waals surface area contributed by atoms with Crippen LogP contribution in [0.1, 0.15) is 17.2 Å². The maximum absolute atomic E-state index is 9.99. The first kappa shape index (κ1) is 15.3. The molecule has 0 amide bonds. The summed E-state index contributed by atoms with van der Waals surface area (Å²) in [7, 11) is -4.67. The lowest BCUT2D eigenvalue weighted by atomic mass is 10.0. The fraction of sp³-hybridized carbons (Fsp3) is 0.0769. The highest BCUT2D eigenvalue weighted by Gasteiger charge is 2.07. The lowest BCUT2D eigenvalue weighted by molar-refractivity contribution is 0.220. The molecule has 5 nitrogen and oxygen atoms in total. The second-order valence-corrected chi connectivity index (χ2v) is 4.57. The Morgan fingerprint density at radius 2 is 1.00 bits per heavy atom. The van der Waals surface area contributed by atoms with E-state index >= 15 is 0 Å². The van der Waals surface area contributed by atoms with E-state index in [0.717, 1.165) is 11.1 Å². The molecule has 0 saturated carbocycles. The Labute approximate surface area is 111 Å². The third kappa shape index (κ3) is 6.68. The van der Waals surface area contributed by atoms with Gasteiger partial charge in [0.05, 0.1) is 0 Å². The van der Waals surface area contributed by atoms with Gasteiger partial charge < -0.3 is 5.11 Å². The van der Waals surface area contributed by atoms with Gasteiger partial charge in [-0.25, -0.2) is 0 Å². The molecule has 2 aromatic rings. The number of aliphatic hydroxyl groups is 1. The molecule has 0 aliphatic rings. The topological polar surface area (TPSA) is 94.8 Å². The van der Waals surface area contributed by atoms with Gasteiger partial charge in [0, 0.05) is 0 Å². The SMILES string of the molecule is O=S(=O)(O)O.OC(c1ccccc1)c1ccccc1. The maximum atomic E-state index is 9.99. The smallest absolute Gasteiger partial charge is 0.384 e. The molecule has 0 bridgehead atoms. The second kappa shape index (κ2) is 7.01. The molecule has 0 saturated heterocycles. The van der Waals surface area contributed by atoms with Crippen LogP contribution >= 0.6 is 0 Å². The Balaban J connectivity index is 0.000000312. The molecule has 102 valence electrons. The molecule has 0 aliphatic carbocycles. The Kier molecular flexibility index (Phi) is 5.65. The highest BCUT2D eigenvalue weighted by atomic mass is 32.3. The zero-order valence-electron chi connectivity index (χ0n) is 9.92. The van der Waals surface area contributed by atoms with Crippen LogP contribution in [-0.4, -0.2) is 22.6 Å². The Bertz CT molecular complexity index is 533. The standard InChI is InChI=1S/C13H12O.H2O4S/c14-13(11-7-3-1-4-8-11)12-9-5-2-6-10-12;1-5(2,3)4/h1-10,13-14H;(H2,1,2,3,4). The van der Waals surface area contributed by atoms with Crippen molar-refractivity contribution in [3.05, 3.63) is 71.8 Å².